The zero-order valence-electron chi connectivity index (χ0n) is 11.4. The second-order valence-electron chi connectivity index (χ2n) is 5.08. The minimum atomic E-state index is 0.555. The van der Waals surface area contributed by atoms with Crippen LogP contribution in [0.3, 0.4) is 0 Å². The average Bonchev–Trinajstić information content (AvgIpc) is 2.39. The van der Waals surface area contributed by atoms with E-state index in [4.69, 9.17) is 10.5 Å². The van der Waals surface area contributed by atoms with Crippen LogP contribution >= 0.6 is 0 Å². The van der Waals surface area contributed by atoms with Gasteiger partial charge in [0.25, 0.3) is 0 Å². The Morgan fingerprint density at radius 2 is 2.33 bits per heavy atom. The van der Waals surface area contributed by atoms with E-state index >= 15 is 0 Å². The molecule has 2 heterocycles. The first-order valence-electron chi connectivity index (χ1n) is 6.66. The van der Waals surface area contributed by atoms with Crippen LogP contribution in [0, 0.1) is 12.8 Å². The molecular formula is C14H23N3O. The van der Waals surface area contributed by atoms with Crippen molar-refractivity contribution in [3.8, 4) is 0 Å². The van der Waals surface area contributed by atoms with E-state index in [-0.39, 0.29) is 0 Å². The molecule has 18 heavy (non-hydrogen) atoms. The van der Waals surface area contributed by atoms with Crippen LogP contribution < -0.4 is 10.6 Å². The van der Waals surface area contributed by atoms with Gasteiger partial charge in [0, 0.05) is 32.4 Å². The fourth-order valence-electron chi connectivity index (χ4n) is 2.44. The summed E-state index contributed by atoms with van der Waals surface area (Å²) < 4.78 is 5.52. The molecule has 4 heteroatoms. The van der Waals surface area contributed by atoms with E-state index in [9.17, 15) is 0 Å². The molecule has 1 saturated heterocycles. The topological polar surface area (TPSA) is 51.4 Å². The van der Waals surface area contributed by atoms with Crippen LogP contribution in [0.5, 0.6) is 0 Å². The number of aromatic nitrogens is 1. The summed E-state index contributed by atoms with van der Waals surface area (Å²) in [6.07, 6.45) is 2.43. The van der Waals surface area contributed by atoms with Gasteiger partial charge >= 0.3 is 0 Å². The first-order valence-corrected chi connectivity index (χ1v) is 6.66. The molecule has 1 fully saturated rings. The fraction of sp³-hybridized carbons (Fsp3) is 0.643. The van der Waals surface area contributed by atoms with Crippen LogP contribution in [0.15, 0.2) is 12.1 Å². The Kier molecular flexibility index (Phi) is 4.55. The zero-order valence-corrected chi connectivity index (χ0v) is 11.4. The lowest BCUT2D eigenvalue weighted by Crippen LogP contribution is -2.31. The highest BCUT2D eigenvalue weighted by atomic mass is 16.5. The molecule has 4 nitrogen and oxygen atoms in total. The van der Waals surface area contributed by atoms with Crippen LogP contribution in [-0.4, -0.2) is 31.8 Å². The number of anilines is 1. The minimum Gasteiger partial charge on any atom is -0.381 e. The number of nitrogens with two attached hydrogens (primary N) is 1. The lowest BCUT2D eigenvalue weighted by molar-refractivity contribution is 0.0576. The first kappa shape index (κ1) is 13.3. The smallest absolute Gasteiger partial charge is 0.128 e. The minimum absolute atomic E-state index is 0.555. The van der Waals surface area contributed by atoms with Gasteiger partial charge < -0.3 is 15.4 Å². The average molecular weight is 249 g/mol. The SMILES string of the molecule is Cc1nc(N(C)CC2CCCOC2)ccc1CN. The second kappa shape index (κ2) is 6.16. The quantitative estimate of drug-likeness (QED) is 0.882. The van der Waals surface area contributed by atoms with E-state index < -0.39 is 0 Å². The number of aryl methyl sites for hydroxylation is 1. The number of nitrogens with zero attached hydrogens (tertiary/aromatic N) is 2. The van der Waals surface area contributed by atoms with Crippen molar-refractivity contribution in [3.05, 3.63) is 23.4 Å². The predicted molar refractivity (Wildman–Crippen MR) is 73.7 cm³/mol. The standard InChI is InChI=1S/C14H23N3O/c1-11-13(8-15)5-6-14(16-11)17(2)9-12-4-3-7-18-10-12/h5-6,12H,3-4,7-10,15H2,1-2H3. The Hall–Kier alpha value is -1.13. The summed E-state index contributed by atoms with van der Waals surface area (Å²) in [6, 6.07) is 4.13. The van der Waals surface area contributed by atoms with Crippen molar-refractivity contribution in [2.75, 3.05) is 31.7 Å². The maximum atomic E-state index is 5.66. The molecule has 1 unspecified atom stereocenters. The second-order valence-corrected chi connectivity index (χ2v) is 5.08. The monoisotopic (exact) mass is 249 g/mol. The maximum absolute atomic E-state index is 5.66. The van der Waals surface area contributed by atoms with E-state index in [0.29, 0.717) is 12.5 Å². The molecule has 1 atom stereocenters. The van der Waals surface area contributed by atoms with E-state index in [1.807, 2.05) is 6.92 Å². The van der Waals surface area contributed by atoms with Crippen molar-refractivity contribution in [1.29, 1.82) is 0 Å². The van der Waals surface area contributed by atoms with Gasteiger partial charge in [-0.3, -0.25) is 0 Å². The summed E-state index contributed by atoms with van der Waals surface area (Å²) in [5.74, 6) is 1.65. The van der Waals surface area contributed by atoms with Gasteiger partial charge in [-0.1, -0.05) is 6.07 Å². The molecule has 0 bridgehead atoms. The van der Waals surface area contributed by atoms with Crippen molar-refractivity contribution in [1.82, 2.24) is 4.98 Å². The summed E-state index contributed by atoms with van der Waals surface area (Å²) in [5, 5.41) is 0. The molecule has 0 amide bonds. The van der Waals surface area contributed by atoms with Crippen molar-refractivity contribution in [3.63, 3.8) is 0 Å². The number of ether oxygens (including phenoxy) is 1. The Morgan fingerprint density at radius 1 is 1.50 bits per heavy atom. The number of hydrogen-bond donors (Lipinski definition) is 1. The Morgan fingerprint density at radius 3 is 2.94 bits per heavy atom. The molecule has 100 valence electrons. The van der Waals surface area contributed by atoms with Gasteiger partial charge in [-0.05, 0) is 37.3 Å². The van der Waals surface area contributed by atoms with Crippen molar-refractivity contribution < 1.29 is 4.74 Å². The summed E-state index contributed by atoms with van der Waals surface area (Å²) in [4.78, 5) is 6.83. The number of hydrogen-bond acceptors (Lipinski definition) is 4. The van der Waals surface area contributed by atoms with Gasteiger partial charge in [-0.2, -0.15) is 0 Å². The highest BCUT2D eigenvalue weighted by Crippen LogP contribution is 2.18. The first-order chi connectivity index (χ1) is 8.70. The van der Waals surface area contributed by atoms with Crippen LogP contribution in [0.4, 0.5) is 5.82 Å². The van der Waals surface area contributed by atoms with Gasteiger partial charge in [0.1, 0.15) is 5.82 Å². The molecule has 0 aromatic carbocycles. The van der Waals surface area contributed by atoms with Gasteiger partial charge in [0.15, 0.2) is 0 Å². The largest absolute Gasteiger partial charge is 0.381 e. The van der Waals surface area contributed by atoms with E-state index in [1.165, 1.54) is 12.8 Å². The van der Waals surface area contributed by atoms with Gasteiger partial charge in [-0.25, -0.2) is 4.98 Å². The number of pyridine rings is 1. The summed E-state index contributed by atoms with van der Waals surface area (Å²) in [7, 11) is 2.10. The van der Waals surface area contributed by atoms with E-state index in [1.54, 1.807) is 0 Å². The highest BCUT2D eigenvalue weighted by molar-refractivity contribution is 5.40. The molecule has 2 N–H and O–H groups in total. The van der Waals surface area contributed by atoms with Gasteiger partial charge in [0.05, 0.1) is 6.61 Å². The third-order valence-corrected chi connectivity index (χ3v) is 3.58. The Bertz CT molecular complexity index is 389. The summed E-state index contributed by atoms with van der Waals surface area (Å²) in [5.41, 5.74) is 7.80. The Balaban J connectivity index is 1.99. The molecule has 0 radical (unpaired) electrons. The van der Waals surface area contributed by atoms with E-state index in [2.05, 4.69) is 29.1 Å². The molecule has 1 aliphatic heterocycles. The van der Waals surface area contributed by atoms with Gasteiger partial charge in [0.2, 0.25) is 0 Å². The normalized spacial score (nSPS) is 19.8. The Labute approximate surface area is 109 Å². The molecule has 0 aliphatic carbocycles. The number of rotatable bonds is 4. The zero-order chi connectivity index (χ0) is 13.0. The molecule has 1 aliphatic rings. The third-order valence-electron chi connectivity index (χ3n) is 3.58. The third kappa shape index (κ3) is 3.21. The molecule has 1 aromatic heterocycles. The molecule has 0 spiro atoms. The van der Waals surface area contributed by atoms with Crippen molar-refractivity contribution in [2.24, 2.45) is 11.7 Å². The van der Waals surface area contributed by atoms with Crippen molar-refractivity contribution in [2.45, 2.75) is 26.3 Å². The maximum Gasteiger partial charge on any atom is 0.128 e. The fourth-order valence-corrected chi connectivity index (χ4v) is 2.44. The lowest BCUT2D eigenvalue weighted by Gasteiger charge is -2.28. The summed E-state index contributed by atoms with van der Waals surface area (Å²) >= 11 is 0. The van der Waals surface area contributed by atoms with Crippen LogP contribution in [-0.2, 0) is 11.3 Å². The lowest BCUT2D eigenvalue weighted by atomic mass is 10.0. The van der Waals surface area contributed by atoms with Crippen LogP contribution in [0.25, 0.3) is 0 Å². The van der Waals surface area contributed by atoms with E-state index in [0.717, 1.165) is 36.8 Å². The molecule has 1 aromatic rings. The molecular weight excluding hydrogens is 226 g/mol. The highest BCUT2D eigenvalue weighted by Gasteiger charge is 2.16. The van der Waals surface area contributed by atoms with Gasteiger partial charge in [-0.15, -0.1) is 0 Å². The van der Waals surface area contributed by atoms with Crippen LogP contribution in [0.1, 0.15) is 24.1 Å². The molecule has 2 rings (SSSR count). The van der Waals surface area contributed by atoms with Crippen molar-refractivity contribution >= 4 is 5.82 Å². The predicted octanol–water partition coefficient (Wildman–Crippen LogP) is 1.71. The van der Waals surface area contributed by atoms with Crippen LogP contribution in [0.2, 0.25) is 0 Å². The molecule has 0 saturated carbocycles. The summed E-state index contributed by atoms with van der Waals surface area (Å²) in [6.45, 7) is 5.38.